The number of amides is 2. The summed E-state index contributed by atoms with van der Waals surface area (Å²) in [4.78, 5) is 34.2. The molecule has 7 nitrogen and oxygen atoms in total. The molecule has 5 rings (SSSR count). The molecule has 1 aliphatic heterocycles. The molecule has 2 amide bonds. The van der Waals surface area contributed by atoms with Gasteiger partial charge in [0.2, 0.25) is 5.91 Å². The van der Waals surface area contributed by atoms with Gasteiger partial charge in [-0.05, 0) is 62.4 Å². The van der Waals surface area contributed by atoms with E-state index in [-0.39, 0.29) is 11.8 Å². The van der Waals surface area contributed by atoms with Crippen LogP contribution in [0.15, 0.2) is 52.9 Å². The largest absolute Gasteiger partial charge is 0.440 e. The second-order valence-corrected chi connectivity index (χ2v) is 10.0. The van der Waals surface area contributed by atoms with Gasteiger partial charge in [-0.1, -0.05) is 30.3 Å². The molecule has 184 valence electrons. The predicted molar refractivity (Wildman–Crippen MR) is 135 cm³/mol. The molecule has 2 aliphatic rings. The van der Waals surface area contributed by atoms with Gasteiger partial charge < -0.3 is 19.5 Å². The molecular formula is C28H34N4O3. The van der Waals surface area contributed by atoms with Gasteiger partial charge in [-0.2, -0.15) is 0 Å². The summed E-state index contributed by atoms with van der Waals surface area (Å²) in [6, 6.07) is 15.9. The number of hydrogen-bond acceptors (Lipinski definition) is 5. The van der Waals surface area contributed by atoms with Crippen LogP contribution in [0, 0.1) is 5.92 Å². The minimum Gasteiger partial charge on any atom is -0.440 e. The van der Waals surface area contributed by atoms with Gasteiger partial charge in [0.1, 0.15) is 5.52 Å². The summed E-state index contributed by atoms with van der Waals surface area (Å²) in [5.74, 6) is 1.71. The minimum absolute atomic E-state index is 0.0345. The number of hydrogen-bond donors (Lipinski definition) is 1. The molecule has 0 bridgehead atoms. The standard InChI is InChI=1S/C28H34N4O3/c1-31(19-21-5-3-2-4-6-21)16-13-29-26(33)17-20-11-14-32(15-12-20)28(34)23-9-10-25-24(18-23)30-27(35-25)22-7-8-22/h2-6,9-10,18,20,22H,7-8,11-17,19H2,1H3,(H,29,33). The Morgan fingerprint density at radius 1 is 1.09 bits per heavy atom. The Morgan fingerprint density at radius 3 is 2.60 bits per heavy atom. The van der Waals surface area contributed by atoms with E-state index in [0.717, 1.165) is 55.8 Å². The lowest BCUT2D eigenvalue weighted by Crippen LogP contribution is -2.40. The van der Waals surface area contributed by atoms with Crippen molar-refractivity contribution < 1.29 is 14.0 Å². The smallest absolute Gasteiger partial charge is 0.253 e. The predicted octanol–water partition coefficient (Wildman–Crippen LogP) is 4.20. The fourth-order valence-corrected chi connectivity index (χ4v) is 4.80. The number of oxazole rings is 1. The van der Waals surface area contributed by atoms with Crippen molar-refractivity contribution in [2.24, 2.45) is 5.92 Å². The third-order valence-corrected chi connectivity index (χ3v) is 7.06. The van der Waals surface area contributed by atoms with Crippen LogP contribution in [0.3, 0.4) is 0 Å². The molecule has 7 heteroatoms. The molecule has 2 aromatic carbocycles. The van der Waals surface area contributed by atoms with Gasteiger partial charge in [-0.15, -0.1) is 0 Å². The molecule has 1 aromatic heterocycles. The highest BCUT2D eigenvalue weighted by Gasteiger charge is 2.29. The van der Waals surface area contributed by atoms with Gasteiger partial charge in [0.15, 0.2) is 11.5 Å². The number of likely N-dealkylation sites (N-methyl/N-ethyl adjacent to an activating group) is 1. The summed E-state index contributed by atoms with van der Waals surface area (Å²) in [6.07, 6.45) is 4.50. The summed E-state index contributed by atoms with van der Waals surface area (Å²) in [5.41, 5.74) is 3.44. The number of benzene rings is 2. The fraction of sp³-hybridized carbons (Fsp3) is 0.464. The molecule has 1 N–H and O–H groups in total. The lowest BCUT2D eigenvalue weighted by Gasteiger charge is -2.32. The number of piperidine rings is 1. The van der Waals surface area contributed by atoms with Crippen molar-refractivity contribution in [1.29, 1.82) is 0 Å². The van der Waals surface area contributed by atoms with E-state index in [1.165, 1.54) is 5.56 Å². The number of fused-ring (bicyclic) bond motifs is 1. The third-order valence-electron chi connectivity index (χ3n) is 7.06. The van der Waals surface area contributed by atoms with Crippen molar-refractivity contribution in [3.63, 3.8) is 0 Å². The topological polar surface area (TPSA) is 78.7 Å². The molecule has 1 aliphatic carbocycles. The Morgan fingerprint density at radius 2 is 1.86 bits per heavy atom. The zero-order chi connectivity index (χ0) is 24.2. The molecular weight excluding hydrogens is 440 g/mol. The van der Waals surface area contributed by atoms with Crippen molar-refractivity contribution in [2.45, 2.75) is 44.6 Å². The van der Waals surface area contributed by atoms with Gasteiger partial charge in [-0.25, -0.2) is 4.98 Å². The van der Waals surface area contributed by atoms with Gasteiger partial charge >= 0.3 is 0 Å². The monoisotopic (exact) mass is 474 g/mol. The van der Waals surface area contributed by atoms with E-state index in [4.69, 9.17) is 4.42 Å². The number of carbonyl (C=O) groups excluding carboxylic acids is 2. The zero-order valence-electron chi connectivity index (χ0n) is 20.4. The van der Waals surface area contributed by atoms with Crippen LogP contribution < -0.4 is 5.32 Å². The highest BCUT2D eigenvalue weighted by Crippen LogP contribution is 2.40. The van der Waals surface area contributed by atoms with E-state index >= 15 is 0 Å². The van der Waals surface area contributed by atoms with Crippen molar-refractivity contribution in [2.75, 3.05) is 33.2 Å². The molecule has 0 atom stereocenters. The average Bonchev–Trinajstić information content (AvgIpc) is 3.63. The van der Waals surface area contributed by atoms with E-state index in [1.54, 1.807) is 0 Å². The number of rotatable bonds is 9. The van der Waals surface area contributed by atoms with Crippen LogP contribution in [0.4, 0.5) is 0 Å². The van der Waals surface area contributed by atoms with Crippen LogP contribution in [0.2, 0.25) is 0 Å². The number of carbonyl (C=O) groups is 2. The molecule has 2 heterocycles. The summed E-state index contributed by atoms with van der Waals surface area (Å²) in [6.45, 7) is 3.69. The summed E-state index contributed by atoms with van der Waals surface area (Å²) in [7, 11) is 2.07. The first-order valence-corrected chi connectivity index (χ1v) is 12.7. The van der Waals surface area contributed by atoms with Crippen LogP contribution >= 0.6 is 0 Å². The molecule has 1 saturated heterocycles. The van der Waals surface area contributed by atoms with E-state index in [9.17, 15) is 9.59 Å². The van der Waals surface area contributed by atoms with Gasteiger partial charge in [-0.3, -0.25) is 9.59 Å². The van der Waals surface area contributed by atoms with Gasteiger partial charge in [0, 0.05) is 50.6 Å². The Kier molecular flexibility index (Phi) is 7.13. The first-order chi connectivity index (χ1) is 17.0. The van der Waals surface area contributed by atoms with Crippen LogP contribution in [0.25, 0.3) is 11.1 Å². The number of aromatic nitrogens is 1. The molecule has 2 fully saturated rings. The van der Waals surface area contributed by atoms with Gasteiger partial charge in [0.05, 0.1) is 0 Å². The molecule has 1 saturated carbocycles. The van der Waals surface area contributed by atoms with Crippen LogP contribution in [0.5, 0.6) is 0 Å². The Balaban J connectivity index is 1.03. The molecule has 0 unspecified atom stereocenters. The molecule has 0 spiro atoms. The van der Waals surface area contributed by atoms with Crippen molar-refractivity contribution >= 4 is 22.9 Å². The van der Waals surface area contributed by atoms with Crippen LogP contribution in [-0.2, 0) is 11.3 Å². The fourth-order valence-electron chi connectivity index (χ4n) is 4.80. The normalized spacial score (nSPS) is 16.7. The van der Waals surface area contributed by atoms with Crippen molar-refractivity contribution in [1.82, 2.24) is 20.1 Å². The highest BCUT2D eigenvalue weighted by molar-refractivity contribution is 5.97. The highest BCUT2D eigenvalue weighted by atomic mass is 16.3. The van der Waals surface area contributed by atoms with Crippen molar-refractivity contribution in [3.05, 3.63) is 65.5 Å². The maximum absolute atomic E-state index is 13.0. The Hall–Kier alpha value is -3.19. The lowest BCUT2D eigenvalue weighted by molar-refractivity contribution is -0.122. The average molecular weight is 475 g/mol. The maximum Gasteiger partial charge on any atom is 0.253 e. The van der Waals surface area contributed by atoms with Crippen LogP contribution in [0.1, 0.15) is 59.8 Å². The number of nitrogens with one attached hydrogen (secondary N) is 1. The number of nitrogens with zero attached hydrogens (tertiary/aromatic N) is 3. The lowest BCUT2D eigenvalue weighted by atomic mass is 9.93. The second-order valence-electron chi connectivity index (χ2n) is 10.0. The second kappa shape index (κ2) is 10.6. The molecule has 0 radical (unpaired) electrons. The Labute approximate surface area is 206 Å². The zero-order valence-corrected chi connectivity index (χ0v) is 20.4. The summed E-state index contributed by atoms with van der Waals surface area (Å²) < 4.78 is 5.81. The van der Waals surface area contributed by atoms with E-state index < -0.39 is 0 Å². The quantitative estimate of drug-likeness (QED) is 0.503. The Bertz CT molecular complexity index is 1160. The van der Waals surface area contributed by atoms with E-state index in [2.05, 4.69) is 34.4 Å². The van der Waals surface area contributed by atoms with Gasteiger partial charge in [0.25, 0.3) is 5.91 Å². The van der Waals surface area contributed by atoms with Crippen LogP contribution in [-0.4, -0.2) is 59.8 Å². The van der Waals surface area contributed by atoms with E-state index in [1.807, 2.05) is 41.3 Å². The minimum atomic E-state index is 0.0345. The SMILES string of the molecule is CN(CCNC(=O)CC1CCN(C(=O)c2ccc3oc(C4CC4)nc3c2)CC1)Cc1ccccc1. The van der Waals surface area contributed by atoms with Crippen molar-refractivity contribution in [3.8, 4) is 0 Å². The number of likely N-dealkylation sites (tertiary alicyclic amines) is 1. The first-order valence-electron chi connectivity index (χ1n) is 12.7. The summed E-state index contributed by atoms with van der Waals surface area (Å²) >= 11 is 0. The van der Waals surface area contributed by atoms with E-state index in [0.29, 0.717) is 43.5 Å². The molecule has 3 aromatic rings. The third kappa shape index (κ3) is 6.09. The summed E-state index contributed by atoms with van der Waals surface area (Å²) in [5, 5.41) is 3.06. The maximum atomic E-state index is 13.0. The molecule has 35 heavy (non-hydrogen) atoms. The first kappa shape index (κ1) is 23.5.